The summed E-state index contributed by atoms with van der Waals surface area (Å²) < 4.78 is 0. The van der Waals surface area contributed by atoms with Gasteiger partial charge in [0, 0.05) is 0 Å². The summed E-state index contributed by atoms with van der Waals surface area (Å²) in [6.45, 7) is 11.7. The Balaban J connectivity index is 2.85. The van der Waals surface area contributed by atoms with Crippen LogP contribution in [0.5, 0.6) is 0 Å². The highest BCUT2D eigenvalue weighted by Crippen LogP contribution is 2.23. The van der Waals surface area contributed by atoms with Crippen LogP contribution in [0.1, 0.15) is 20.8 Å². The first kappa shape index (κ1) is 13.2. The minimum absolute atomic E-state index is 0.656. The molecule has 16 heavy (non-hydrogen) atoms. The molecule has 1 unspecified atom stereocenters. The Bertz CT molecular complexity index is 336. The summed E-state index contributed by atoms with van der Waals surface area (Å²) in [5, 5.41) is 1.55. The number of hydrogen-bond donors (Lipinski definition) is 0. The minimum atomic E-state index is -1.34. The molecule has 1 rings (SSSR count). The lowest BCUT2D eigenvalue weighted by molar-refractivity contribution is 0.825. The van der Waals surface area contributed by atoms with E-state index in [4.69, 9.17) is 0 Å². The lowest BCUT2D eigenvalue weighted by Crippen LogP contribution is -2.44. The molecule has 1 aromatic carbocycles. The van der Waals surface area contributed by atoms with E-state index in [1.165, 1.54) is 0 Å². The van der Waals surface area contributed by atoms with Crippen LogP contribution in [-0.4, -0.2) is 8.07 Å². The molecule has 0 bridgehead atoms. The molecule has 0 aliphatic carbocycles. The first-order valence-corrected chi connectivity index (χ1v) is 9.26. The third-order valence-electron chi connectivity index (χ3n) is 3.44. The molecule has 1 atom stereocenters. The van der Waals surface area contributed by atoms with Gasteiger partial charge in [0.05, 0.1) is 8.07 Å². The van der Waals surface area contributed by atoms with Gasteiger partial charge in [-0.1, -0.05) is 81.5 Å². The number of rotatable bonds is 4. The van der Waals surface area contributed by atoms with Crippen LogP contribution < -0.4 is 5.19 Å². The van der Waals surface area contributed by atoms with Crippen molar-refractivity contribution in [1.29, 1.82) is 0 Å². The molecule has 0 fully saturated rings. The molecule has 0 aromatic heterocycles. The molecule has 0 spiro atoms. The Hall–Kier alpha value is -0.823. The first-order chi connectivity index (χ1) is 7.44. The summed E-state index contributed by atoms with van der Waals surface area (Å²) in [7, 11) is -1.34. The molecular formula is C15H24Si. The van der Waals surface area contributed by atoms with Gasteiger partial charge in [-0.25, -0.2) is 0 Å². The molecule has 0 saturated heterocycles. The lowest BCUT2D eigenvalue weighted by atomic mass is 10.2. The van der Waals surface area contributed by atoms with Crippen LogP contribution in [0.25, 0.3) is 0 Å². The number of hydrogen-bond acceptors (Lipinski definition) is 0. The maximum atomic E-state index is 2.46. The predicted molar refractivity (Wildman–Crippen MR) is 77.0 cm³/mol. The lowest BCUT2D eigenvalue weighted by Gasteiger charge is -2.28. The zero-order valence-corrected chi connectivity index (χ0v) is 12.2. The van der Waals surface area contributed by atoms with E-state index in [0.717, 1.165) is 0 Å². The average Bonchev–Trinajstić information content (AvgIpc) is 2.27. The van der Waals surface area contributed by atoms with Crippen LogP contribution in [0.15, 0.2) is 42.5 Å². The molecule has 0 radical (unpaired) electrons. The molecule has 88 valence electrons. The van der Waals surface area contributed by atoms with Crippen molar-refractivity contribution in [2.45, 2.75) is 39.4 Å². The van der Waals surface area contributed by atoms with E-state index in [0.29, 0.717) is 11.5 Å². The number of allylic oxidation sites excluding steroid dienone is 2. The second-order valence-corrected chi connectivity index (χ2v) is 10.4. The molecule has 0 nitrogen and oxygen atoms in total. The molecule has 0 saturated carbocycles. The fraction of sp³-hybridized carbons (Fsp3) is 0.467. The highest BCUT2D eigenvalue weighted by molar-refractivity contribution is 6.91. The fourth-order valence-electron chi connectivity index (χ4n) is 1.76. The molecule has 1 aromatic rings. The Morgan fingerprint density at radius 2 is 1.50 bits per heavy atom. The monoisotopic (exact) mass is 232 g/mol. The van der Waals surface area contributed by atoms with Crippen molar-refractivity contribution in [2.75, 3.05) is 0 Å². The van der Waals surface area contributed by atoms with E-state index in [1.54, 1.807) is 5.19 Å². The molecule has 0 aliphatic rings. The summed E-state index contributed by atoms with van der Waals surface area (Å²) >= 11 is 0. The third kappa shape index (κ3) is 3.34. The van der Waals surface area contributed by atoms with Crippen LogP contribution in [0.3, 0.4) is 0 Å². The van der Waals surface area contributed by atoms with Crippen LogP contribution in [0, 0.1) is 5.92 Å². The minimum Gasteiger partial charge on any atom is -0.0878 e. The van der Waals surface area contributed by atoms with Crippen LogP contribution in [0.4, 0.5) is 0 Å². The van der Waals surface area contributed by atoms with Crippen LogP contribution in [0.2, 0.25) is 18.6 Å². The highest BCUT2D eigenvalue weighted by Gasteiger charge is 2.28. The maximum absolute atomic E-state index is 2.46. The standard InChI is InChI=1S/C15H24Si/c1-13(2)11-12-14(3)16(4,5)15-9-7-6-8-10-15/h6-14H,1-5H3/b12-11-. The van der Waals surface area contributed by atoms with E-state index in [-0.39, 0.29) is 0 Å². The van der Waals surface area contributed by atoms with Gasteiger partial charge in [0.15, 0.2) is 0 Å². The zero-order valence-electron chi connectivity index (χ0n) is 11.2. The normalized spacial score (nSPS) is 14.6. The van der Waals surface area contributed by atoms with Gasteiger partial charge >= 0.3 is 0 Å². The van der Waals surface area contributed by atoms with Crippen molar-refractivity contribution in [3.05, 3.63) is 42.5 Å². The largest absolute Gasteiger partial charge is 0.0878 e. The summed E-state index contributed by atoms with van der Waals surface area (Å²) in [6, 6.07) is 11.0. The van der Waals surface area contributed by atoms with E-state index in [9.17, 15) is 0 Å². The first-order valence-electron chi connectivity index (χ1n) is 6.18. The predicted octanol–water partition coefficient (Wildman–Crippen LogP) is 4.20. The van der Waals surface area contributed by atoms with Gasteiger partial charge in [0.1, 0.15) is 0 Å². The van der Waals surface area contributed by atoms with Gasteiger partial charge in [-0.3, -0.25) is 0 Å². The molecule has 0 N–H and O–H groups in total. The molecular weight excluding hydrogens is 208 g/mol. The van der Waals surface area contributed by atoms with Gasteiger partial charge < -0.3 is 0 Å². The van der Waals surface area contributed by atoms with E-state index < -0.39 is 8.07 Å². The molecule has 0 amide bonds. The zero-order chi connectivity index (χ0) is 12.2. The van der Waals surface area contributed by atoms with Crippen molar-refractivity contribution in [2.24, 2.45) is 5.92 Å². The SMILES string of the molecule is CC(C)/C=C\C(C)[Si](C)(C)c1ccccc1. The second-order valence-electron chi connectivity index (χ2n) is 5.51. The summed E-state index contributed by atoms with van der Waals surface area (Å²) in [4.78, 5) is 0. The molecule has 0 heterocycles. The van der Waals surface area contributed by atoms with Crippen molar-refractivity contribution in [3.63, 3.8) is 0 Å². The topological polar surface area (TPSA) is 0 Å². The van der Waals surface area contributed by atoms with Crippen molar-refractivity contribution < 1.29 is 0 Å². The Morgan fingerprint density at radius 3 is 2.00 bits per heavy atom. The fourth-order valence-corrected chi connectivity index (χ4v) is 3.93. The summed E-state index contributed by atoms with van der Waals surface area (Å²) in [6.07, 6.45) is 4.74. The Kier molecular flexibility index (Phi) is 4.54. The van der Waals surface area contributed by atoms with Crippen molar-refractivity contribution in [3.8, 4) is 0 Å². The number of benzene rings is 1. The van der Waals surface area contributed by atoms with Gasteiger partial charge in [0.25, 0.3) is 0 Å². The second kappa shape index (κ2) is 5.49. The Labute approximate surface area is 101 Å². The molecule has 1 heteroatoms. The van der Waals surface area contributed by atoms with E-state index >= 15 is 0 Å². The van der Waals surface area contributed by atoms with E-state index in [1.807, 2.05) is 0 Å². The Morgan fingerprint density at radius 1 is 0.938 bits per heavy atom. The quantitative estimate of drug-likeness (QED) is 0.539. The molecule has 0 aliphatic heterocycles. The average molecular weight is 232 g/mol. The van der Waals surface area contributed by atoms with Gasteiger partial charge in [-0.05, 0) is 11.5 Å². The van der Waals surface area contributed by atoms with Gasteiger partial charge in [0.2, 0.25) is 0 Å². The van der Waals surface area contributed by atoms with Gasteiger partial charge in [-0.2, -0.15) is 0 Å². The maximum Gasteiger partial charge on any atom is 0.0871 e. The van der Waals surface area contributed by atoms with Gasteiger partial charge in [-0.15, -0.1) is 0 Å². The smallest absolute Gasteiger partial charge is 0.0871 e. The third-order valence-corrected chi connectivity index (χ3v) is 7.73. The highest BCUT2D eigenvalue weighted by atomic mass is 28.3. The van der Waals surface area contributed by atoms with E-state index in [2.05, 4.69) is 76.3 Å². The van der Waals surface area contributed by atoms with Crippen LogP contribution >= 0.6 is 0 Å². The summed E-state index contributed by atoms with van der Waals surface area (Å²) in [5.74, 6) is 0.656. The van der Waals surface area contributed by atoms with Crippen LogP contribution in [-0.2, 0) is 0 Å². The van der Waals surface area contributed by atoms with Crippen molar-refractivity contribution >= 4 is 13.3 Å². The summed E-state index contributed by atoms with van der Waals surface area (Å²) in [5.41, 5.74) is 0.692. The van der Waals surface area contributed by atoms with Crippen molar-refractivity contribution in [1.82, 2.24) is 0 Å².